The molecular weight excluding hydrogens is 395 g/mol. The molecule has 2 aliphatic rings. The van der Waals surface area contributed by atoms with Crippen LogP contribution in [0.25, 0.3) is 5.69 Å². The van der Waals surface area contributed by atoms with Gasteiger partial charge in [-0.1, -0.05) is 30.3 Å². The molecule has 2 aromatic carbocycles. The molecule has 158 valence electrons. The van der Waals surface area contributed by atoms with Crippen molar-refractivity contribution in [3.63, 3.8) is 0 Å². The molecule has 7 heteroatoms. The summed E-state index contributed by atoms with van der Waals surface area (Å²) < 4.78 is 15.2. The summed E-state index contributed by atoms with van der Waals surface area (Å²) in [6.07, 6.45) is 2.53. The molecule has 1 fully saturated rings. The smallest absolute Gasteiger partial charge is 0.275 e. The van der Waals surface area contributed by atoms with E-state index in [2.05, 4.69) is 5.10 Å². The van der Waals surface area contributed by atoms with Crippen LogP contribution in [0.5, 0.6) is 0 Å². The third-order valence-corrected chi connectivity index (χ3v) is 6.18. The topological polar surface area (TPSA) is 58.4 Å². The summed E-state index contributed by atoms with van der Waals surface area (Å²) in [4.78, 5) is 30.1. The summed E-state index contributed by atoms with van der Waals surface area (Å²) in [5.74, 6) is -0.639. The Labute approximate surface area is 179 Å². The first kappa shape index (κ1) is 19.5. The maximum Gasteiger partial charge on any atom is 0.275 e. The first-order valence-electron chi connectivity index (χ1n) is 10.5. The molecule has 3 aromatic rings. The molecule has 1 aromatic heterocycles. The zero-order valence-electron chi connectivity index (χ0n) is 17.3. The maximum absolute atomic E-state index is 13.7. The fourth-order valence-electron chi connectivity index (χ4n) is 4.56. The molecular formula is C24H23FN4O2. The Morgan fingerprint density at radius 3 is 2.52 bits per heavy atom. The van der Waals surface area contributed by atoms with Gasteiger partial charge in [-0.05, 0) is 49.1 Å². The third kappa shape index (κ3) is 3.30. The largest absolute Gasteiger partial charge is 0.342 e. The highest BCUT2D eigenvalue weighted by atomic mass is 19.1. The minimum atomic E-state index is -0.666. The Morgan fingerprint density at radius 1 is 1.03 bits per heavy atom. The molecule has 0 saturated carbocycles. The van der Waals surface area contributed by atoms with Gasteiger partial charge in [-0.3, -0.25) is 9.59 Å². The van der Waals surface area contributed by atoms with E-state index in [1.165, 1.54) is 12.1 Å². The van der Waals surface area contributed by atoms with Crippen molar-refractivity contribution >= 4 is 11.8 Å². The summed E-state index contributed by atoms with van der Waals surface area (Å²) in [5, 5.41) is 4.66. The summed E-state index contributed by atoms with van der Waals surface area (Å²) >= 11 is 0. The number of piperazine rings is 1. The van der Waals surface area contributed by atoms with Gasteiger partial charge in [0.05, 0.1) is 5.69 Å². The van der Waals surface area contributed by atoms with Crippen molar-refractivity contribution in [2.24, 2.45) is 0 Å². The van der Waals surface area contributed by atoms with Crippen LogP contribution < -0.4 is 0 Å². The van der Waals surface area contributed by atoms with Crippen LogP contribution in [0.3, 0.4) is 0 Å². The fourth-order valence-corrected chi connectivity index (χ4v) is 4.56. The maximum atomic E-state index is 13.7. The standard InChI is InChI=1S/C24H23FN4O2/c1-27-14-15-28(22(24(27)31)16-6-3-2-4-7-16)23(30)21-19-8-5-9-20(19)29(26-21)18-12-10-17(25)11-13-18/h2-4,6-7,10-13,22H,5,8-9,14-15H2,1H3. The molecule has 0 bridgehead atoms. The number of hydrogen-bond donors (Lipinski definition) is 0. The lowest BCUT2D eigenvalue weighted by Crippen LogP contribution is -2.52. The zero-order chi connectivity index (χ0) is 21.5. The van der Waals surface area contributed by atoms with Gasteiger partial charge in [-0.25, -0.2) is 9.07 Å². The molecule has 5 rings (SSSR count). The molecule has 6 nitrogen and oxygen atoms in total. The number of benzene rings is 2. The van der Waals surface area contributed by atoms with Crippen molar-refractivity contribution in [2.45, 2.75) is 25.3 Å². The Bertz CT molecular complexity index is 1140. The monoisotopic (exact) mass is 418 g/mol. The van der Waals surface area contributed by atoms with E-state index in [0.29, 0.717) is 18.8 Å². The second kappa shape index (κ2) is 7.65. The first-order chi connectivity index (χ1) is 15.0. The number of amides is 2. The van der Waals surface area contributed by atoms with Gasteiger partial charge in [-0.2, -0.15) is 5.10 Å². The van der Waals surface area contributed by atoms with Gasteiger partial charge >= 0.3 is 0 Å². The summed E-state index contributed by atoms with van der Waals surface area (Å²) in [5.41, 5.74) is 3.85. The predicted molar refractivity (Wildman–Crippen MR) is 113 cm³/mol. The quantitative estimate of drug-likeness (QED) is 0.657. The molecule has 0 N–H and O–H groups in total. The van der Waals surface area contributed by atoms with Crippen molar-refractivity contribution in [1.82, 2.24) is 19.6 Å². The number of likely N-dealkylation sites (N-methyl/N-ethyl adjacent to an activating group) is 1. The lowest BCUT2D eigenvalue weighted by molar-refractivity contribution is -0.138. The SMILES string of the molecule is CN1CCN(C(=O)c2nn(-c3ccc(F)cc3)c3c2CCC3)C(c2ccccc2)C1=O. The van der Waals surface area contributed by atoms with Gasteiger partial charge in [-0.15, -0.1) is 0 Å². The fraction of sp³-hybridized carbons (Fsp3) is 0.292. The molecule has 2 amide bonds. The van der Waals surface area contributed by atoms with Gasteiger partial charge in [0.15, 0.2) is 5.69 Å². The van der Waals surface area contributed by atoms with E-state index in [0.717, 1.165) is 41.8 Å². The number of hydrogen-bond acceptors (Lipinski definition) is 3. The van der Waals surface area contributed by atoms with Crippen LogP contribution in [-0.2, 0) is 17.6 Å². The van der Waals surface area contributed by atoms with Crippen LogP contribution >= 0.6 is 0 Å². The van der Waals surface area contributed by atoms with Crippen molar-refractivity contribution < 1.29 is 14.0 Å². The van der Waals surface area contributed by atoms with Gasteiger partial charge in [0, 0.05) is 31.4 Å². The van der Waals surface area contributed by atoms with Crippen molar-refractivity contribution in [2.75, 3.05) is 20.1 Å². The molecule has 31 heavy (non-hydrogen) atoms. The third-order valence-electron chi connectivity index (χ3n) is 6.18. The molecule has 0 radical (unpaired) electrons. The number of nitrogens with zero attached hydrogens (tertiary/aromatic N) is 4. The number of carbonyl (C=O) groups is 2. The number of halogens is 1. The number of aromatic nitrogens is 2. The van der Waals surface area contributed by atoms with E-state index in [1.54, 1.807) is 33.7 Å². The lowest BCUT2D eigenvalue weighted by atomic mass is 10.0. The molecule has 2 heterocycles. The van der Waals surface area contributed by atoms with E-state index in [-0.39, 0.29) is 17.6 Å². The Kier molecular flexibility index (Phi) is 4.81. The first-order valence-corrected chi connectivity index (χ1v) is 10.5. The van der Waals surface area contributed by atoms with Crippen molar-refractivity contribution in [3.8, 4) is 5.69 Å². The zero-order valence-corrected chi connectivity index (χ0v) is 17.3. The van der Waals surface area contributed by atoms with E-state index in [9.17, 15) is 14.0 Å². The second-order valence-corrected chi connectivity index (χ2v) is 8.09. The number of fused-ring (bicyclic) bond motifs is 1. The summed E-state index contributed by atoms with van der Waals surface area (Å²) in [7, 11) is 1.76. The van der Waals surface area contributed by atoms with Crippen molar-refractivity contribution in [3.05, 3.63) is 82.9 Å². The molecule has 1 aliphatic carbocycles. The Morgan fingerprint density at radius 2 is 1.77 bits per heavy atom. The van der Waals surface area contributed by atoms with E-state index >= 15 is 0 Å². The Hall–Kier alpha value is -3.48. The van der Waals surface area contributed by atoms with Crippen LogP contribution in [-0.4, -0.2) is 51.5 Å². The van der Waals surface area contributed by atoms with Crippen LogP contribution in [0.2, 0.25) is 0 Å². The van der Waals surface area contributed by atoms with Crippen LogP contribution in [0.15, 0.2) is 54.6 Å². The van der Waals surface area contributed by atoms with Crippen molar-refractivity contribution in [1.29, 1.82) is 0 Å². The molecule has 0 spiro atoms. The second-order valence-electron chi connectivity index (χ2n) is 8.09. The number of rotatable bonds is 3. The highest BCUT2D eigenvalue weighted by Crippen LogP contribution is 2.32. The normalized spacial score (nSPS) is 18.4. The highest BCUT2D eigenvalue weighted by molar-refractivity contribution is 5.98. The van der Waals surface area contributed by atoms with Crippen LogP contribution in [0, 0.1) is 5.82 Å². The molecule has 1 aliphatic heterocycles. The van der Waals surface area contributed by atoms with E-state index < -0.39 is 6.04 Å². The summed E-state index contributed by atoms with van der Waals surface area (Å²) in [6, 6.07) is 14.9. The van der Waals surface area contributed by atoms with Gasteiger partial charge in [0.25, 0.3) is 5.91 Å². The average Bonchev–Trinajstić information content (AvgIpc) is 3.39. The number of carbonyl (C=O) groups excluding carboxylic acids is 2. The molecule has 1 unspecified atom stereocenters. The Balaban J connectivity index is 1.56. The van der Waals surface area contributed by atoms with Gasteiger partial charge in [0.2, 0.25) is 5.91 Å². The lowest BCUT2D eigenvalue weighted by Gasteiger charge is -2.39. The highest BCUT2D eigenvalue weighted by Gasteiger charge is 2.40. The molecule has 1 saturated heterocycles. The molecule has 1 atom stereocenters. The van der Waals surface area contributed by atoms with Gasteiger partial charge in [0.1, 0.15) is 11.9 Å². The van der Waals surface area contributed by atoms with E-state index in [4.69, 9.17) is 0 Å². The van der Waals surface area contributed by atoms with Crippen LogP contribution in [0.1, 0.15) is 39.8 Å². The van der Waals surface area contributed by atoms with Crippen LogP contribution in [0.4, 0.5) is 4.39 Å². The van der Waals surface area contributed by atoms with E-state index in [1.807, 2.05) is 30.3 Å². The predicted octanol–water partition coefficient (Wildman–Crippen LogP) is 3.16. The van der Waals surface area contributed by atoms with Gasteiger partial charge < -0.3 is 9.80 Å². The average molecular weight is 418 g/mol. The minimum absolute atomic E-state index is 0.0968. The summed E-state index contributed by atoms with van der Waals surface area (Å²) in [6.45, 7) is 0.924. The minimum Gasteiger partial charge on any atom is -0.342 e.